The van der Waals surface area contributed by atoms with Crippen LogP contribution in [0.15, 0.2) is 18.2 Å². The van der Waals surface area contributed by atoms with Crippen LogP contribution in [0.2, 0.25) is 0 Å². The maximum Gasteiger partial charge on any atom is 0.225 e. The highest BCUT2D eigenvalue weighted by Gasteiger charge is 2.06. The van der Waals surface area contributed by atoms with Gasteiger partial charge in [-0.2, -0.15) is 11.8 Å². The fourth-order valence-electron chi connectivity index (χ4n) is 1.61. The first-order valence-electron chi connectivity index (χ1n) is 6.76. The molecule has 0 heterocycles. The van der Waals surface area contributed by atoms with Crippen LogP contribution in [0.5, 0.6) is 0 Å². The van der Waals surface area contributed by atoms with Crippen LogP contribution < -0.4 is 11.1 Å². The summed E-state index contributed by atoms with van der Waals surface area (Å²) in [4.78, 5) is 11.8. The van der Waals surface area contributed by atoms with Gasteiger partial charge in [-0.15, -0.1) is 0 Å². The molecule has 1 unspecified atom stereocenters. The Morgan fingerprint density at radius 1 is 1.47 bits per heavy atom. The molecular weight excluding hydrogens is 256 g/mol. The Morgan fingerprint density at radius 3 is 2.84 bits per heavy atom. The lowest BCUT2D eigenvalue weighted by Crippen LogP contribution is -2.13. The van der Waals surface area contributed by atoms with Crippen LogP contribution in [-0.2, 0) is 4.79 Å². The van der Waals surface area contributed by atoms with E-state index in [1.807, 2.05) is 30.8 Å². The van der Waals surface area contributed by atoms with Gasteiger partial charge >= 0.3 is 0 Å². The number of amides is 1. The van der Waals surface area contributed by atoms with E-state index >= 15 is 0 Å². The van der Waals surface area contributed by atoms with Gasteiger partial charge in [0.2, 0.25) is 5.91 Å². The maximum absolute atomic E-state index is 11.8. The number of nitrogens with one attached hydrogen (secondary N) is 1. The SMILES string of the molecule is CCC(C)CSCCC(=O)Nc1ccc(N)cc1C. The van der Waals surface area contributed by atoms with Crippen LogP contribution in [0, 0.1) is 12.8 Å². The zero-order chi connectivity index (χ0) is 14.3. The smallest absolute Gasteiger partial charge is 0.225 e. The van der Waals surface area contributed by atoms with Crippen molar-refractivity contribution in [1.29, 1.82) is 0 Å². The molecule has 0 spiro atoms. The second kappa shape index (κ2) is 8.10. The van der Waals surface area contributed by atoms with E-state index in [1.165, 1.54) is 6.42 Å². The largest absolute Gasteiger partial charge is 0.399 e. The van der Waals surface area contributed by atoms with Crippen molar-refractivity contribution in [1.82, 2.24) is 0 Å². The Morgan fingerprint density at radius 2 is 2.21 bits per heavy atom. The molecule has 0 aliphatic carbocycles. The number of hydrogen-bond acceptors (Lipinski definition) is 3. The van der Waals surface area contributed by atoms with Crippen molar-refractivity contribution >= 4 is 29.0 Å². The molecule has 1 atom stereocenters. The van der Waals surface area contributed by atoms with E-state index in [2.05, 4.69) is 19.2 Å². The molecule has 0 aromatic heterocycles. The predicted molar refractivity (Wildman–Crippen MR) is 85.6 cm³/mol. The zero-order valence-corrected chi connectivity index (χ0v) is 12.8. The molecule has 1 aromatic carbocycles. The van der Waals surface area contributed by atoms with Crippen LogP contribution in [0.3, 0.4) is 0 Å². The highest BCUT2D eigenvalue weighted by atomic mass is 32.2. The Kier molecular flexibility index (Phi) is 6.78. The predicted octanol–water partition coefficient (Wildman–Crippen LogP) is 3.69. The number of hydrogen-bond donors (Lipinski definition) is 2. The molecule has 1 rings (SSSR count). The lowest BCUT2D eigenvalue weighted by molar-refractivity contribution is -0.115. The van der Waals surface area contributed by atoms with Gasteiger partial charge in [-0.05, 0) is 42.4 Å². The molecule has 3 nitrogen and oxygen atoms in total. The Balaban J connectivity index is 2.31. The van der Waals surface area contributed by atoms with Crippen LogP contribution in [-0.4, -0.2) is 17.4 Å². The van der Waals surface area contributed by atoms with Gasteiger partial charge in [-0.3, -0.25) is 4.79 Å². The Hall–Kier alpha value is -1.16. The molecule has 1 aromatic rings. The van der Waals surface area contributed by atoms with Gasteiger partial charge in [0.1, 0.15) is 0 Å². The molecule has 1 amide bonds. The molecular formula is C15H24N2OS. The maximum atomic E-state index is 11.8. The number of nitrogen functional groups attached to an aromatic ring is 1. The van der Waals surface area contributed by atoms with E-state index in [1.54, 1.807) is 6.07 Å². The van der Waals surface area contributed by atoms with E-state index in [0.717, 1.165) is 34.4 Å². The molecule has 0 radical (unpaired) electrons. The van der Waals surface area contributed by atoms with Crippen molar-refractivity contribution in [3.05, 3.63) is 23.8 Å². The monoisotopic (exact) mass is 280 g/mol. The molecule has 0 saturated carbocycles. The number of carbonyl (C=O) groups is 1. The van der Waals surface area contributed by atoms with Crippen LogP contribution in [0.4, 0.5) is 11.4 Å². The van der Waals surface area contributed by atoms with Crippen LogP contribution >= 0.6 is 11.8 Å². The standard InChI is InChI=1S/C15H24N2OS/c1-4-11(2)10-19-8-7-15(18)17-14-6-5-13(16)9-12(14)3/h5-6,9,11H,4,7-8,10,16H2,1-3H3,(H,17,18). The molecule has 4 heteroatoms. The van der Waals surface area contributed by atoms with Gasteiger partial charge in [0, 0.05) is 23.5 Å². The van der Waals surface area contributed by atoms with E-state index < -0.39 is 0 Å². The van der Waals surface area contributed by atoms with Gasteiger partial charge in [0.25, 0.3) is 0 Å². The summed E-state index contributed by atoms with van der Waals surface area (Å²) >= 11 is 1.85. The lowest BCUT2D eigenvalue weighted by atomic mass is 10.2. The number of rotatable bonds is 7. The summed E-state index contributed by atoms with van der Waals surface area (Å²) in [5, 5.41) is 2.93. The van der Waals surface area contributed by atoms with Crippen molar-refractivity contribution in [2.45, 2.75) is 33.6 Å². The fourth-order valence-corrected chi connectivity index (χ4v) is 2.74. The van der Waals surface area contributed by atoms with E-state index in [0.29, 0.717) is 6.42 Å². The summed E-state index contributed by atoms with van der Waals surface area (Å²) < 4.78 is 0. The molecule has 3 N–H and O–H groups in total. The summed E-state index contributed by atoms with van der Waals surface area (Å²) in [5.41, 5.74) is 8.26. The molecule has 0 saturated heterocycles. The lowest BCUT2D eigenvalue weighted by Gasteiger charge is -2.10. The zero-order valence-electron chi connectivity index (χ0n) is 12.0. The molecule has 0 fully saturated rings. The average Bonchev–Trinajstić information content (AvgIpc) is 2.37. The van der Waals surface area contributed by atoms with Crippen molar-refractivity contribution < 1.29 is 4.79 Å². The molecule has 0 aliphatic rings. The molecule has 106 valence electrons. The third-order valence-corrected chi connectivity index (χ3v) is 4.39. The summed E-state index contributed by atoms with van der Waals surface area (Å²) in [5.74, 6) is 2.81. The van der Waals surface area contributed by atoms with Crippen LogP contribution in [0.25, 0.3) is 0 Å². The molecule has 0 aliphatic heterocycles. The number of anilines is 2. The summed E-state index contributed by atoms with van der Waals surface area (Å²) in [6, 6.07) is 5.53. The second-order valence-electron chi connectivity index (χ2n) is 4.96. The number of nitrogens with two attached hydrogens (primary N) is 1. The van der Waals surface area contributed by atoms with E-state index in [4.69, 9.17) is 5.73 Å². The van der Waals surface area contributed by atoms with Gasteiger partial charge in [0.05, 0.1) is 0 Å². The minimum atomic E-state index is 0.0736. The first-order chi connectivity index (χ1) is 9.02. The molecule has 19 heavy (non-hydrogen) atoms. The molecule has 0 bridgehead atoms. The summed E-state index contributed by atoms with van der Waals surface area (Å²) in [7, 11) is 0. The Bertz CT molecular complexity index is 421. The minimum absolute atomic E-state index is 0.0736. The third kappa shape index (κ3) is 6.01. The number of aryl methyl sites for hydroxylation is 1. The number of benzene rings is 1. The normalized spacial score (nSPS) is 12.2. The Labute approximate surface area is 120 Å². The van der Waals surface area contributed by atoms with Crippen molar-refractivity contribution in [3.8, 4) is 0 Å². The quantitative estimate of drug-likeness (QED) is 0.591. The summed E-state index contributed by atoms with van der Waals surface area (Å²) in [6.45, 7) is 6.39. The second-order valence-corrected chi connectivity index (χ2v) is 6.11. The van der Waals surface area contributed by atoms with Gasteiger partial charge < -0.3 is 11.1 Å². The van der Waals surface area contributed by atoms with Crippen LogP contribution in [0.1, 0.15) is 32.3 Å². The van der Waals surface area contributed by atoms with Gasteiger partial charge in [0.15, 0.2) is 0 Å². The first kappa shape index (κ1) is 15.9. The average molecular weight is 280 g/mol. The van der Waals surface area contributed by atoms with Gasteiger partial charge in [-0.25, -0.2) is 0 Å². The minimum Gasteiger partial charge on any atom is -0.399 e. The first-order valence-corrected chi connectivity index (χ1v) is 7.92. The van der Waals surface area contributed by atoms with E-state index in [9.17, 15) is 4.79 Å². The highest BCUT2D eigenvalue weighted by Crippen LogP contribution is 2.18. The van der Waals surface area contributed by atoms with Crippen molar-refractivity contribution in [2.75, 3.05) is 22.6 Å². The topological polar surface area (TPSA) is 55.1 Å². The number of thioether (sulfide) groups is 1. The van der Waals surface area contributed by atoms with Crippen molar-refractivity contribution in [3.63, 3.8) is 0 Å². The third-order valence-electron chi connectivity index (χ3n) is 3.10. The number of carbonyl (C=O) groups excluding carboxylic acids is 1. The van der Waals surface area contributed by atoms with Crippen molar-refractivity contribution in [2.24, 2.45) is 5.92 Å². The van der Waals surface area contributed by atoms with E-state index in [-0.39, 0.29) is 5.91 Å². The fraction of sp³-hybridized carbons (Fsp3) is 0.533. The van der Waals surface area contributed by atoms with Gasteiger partial charge in [-0.1, -0.05) is 20.3 Å². The summed E-state index contributed by atoms with van der Waals surface area (Å²) in [6.07, 6.45) is 1.76. The highest BCUT2D eigenvalue weighted by molar-refractivity contribution is 7.99.